The van der Waals surface area contributed by atoms with E-state index in [-0.39, 0.29) is 0 Å². The number of nitrogens with one attached hydrogen (secondary N) is 2. The van der Waals surface area contributed by atoms with Gasteiger partial charge in [-0.2, -0.15) is 10.1 Å². The average Bonchev–Trinajstić information content (AvgIpc) is 2.46. The number of hydrogen-bond donors (Lipinski definition) is 2. The van der Waals surface area contributed by atoms with Gasteiger partial charge < -0.3 is 15.4 Å². The maximum atomic E-state index is 5.26. The molecule has 2 N–H and O–H groups in total. The molecule has 0 spiro atoms. The molecule has 0 bridgehead atoms. The van der Waals surface area contributed by atoms with Crippen molar-refractivity contribution in [2.24, 2.45) is 0 Å². The second kappa shape index (κ2) is 6.53. The van der Waals surface area contributed by atoms with Crippen LogP contribution in [0.2, 0.25) is 0 Å². The van der Waals surface area contributed by atoms with Crippen molar-refractivity contribution in [2.45, 2.75) is 13.3 Å². The molecule has 0 amide bonds. The fourth-order valence-corrected chi connectivity index (χ4v) is 1.56. The van der Waals surface area contributed by atoms with Gasteiger partial charge in [0, 0.05) is 6.54 Å². The minimum absolute atomic E-state index is 0.436. The highest BCUT2D eigenvalue weighted by molar-refractivity contribution is 5.62. The van der Waals surface area contributed by atoms with Crippen LogP contribution in [0.4, 0.5) is 17.5 Å². The monoisotopic (exact) mass is 259 g/mol. The second-order valence-corrected chi connectivity index (χ2v) is 3.92. The average molecular weight is 259 g/mol. The van der Waals surface area contributed by atoms with Gasteiger partial charge in [0.25, 0.3) is 0 Å². The number of nitrogens with zero attached hydrogens (tertiary/aromatic N) is 3. The molecule has 100 valence electrons. The van der Waals surface area contributed by atoms with Crippen molar-refractivity contribution in [3.8, 4) is 5.75 Å². The van der Waals surface area contributed by atoms with Gasteiger partial charge in [-0.1, -0.05) is 19.1 Å². The zero-order valence-electron chi connectivity index (χ0n) is 11.1. The van der Waals surface area contributed by atoms with Crippen molar-refractivity contribution in [1.82, 2.24) is 15.2 Å². The minimum atomic E-state index is 0.436. The van der Waals surface area contributed by atoms with Crippen LogP contribution in [0.15, 0.2) is 30.5 Å². The summed E-state index contributed by atoms with van der Waals surface area (Å²) in [4.78, 5) is 4.33. The van der Waals surface area contributed by atoms with Crippen LogP contribution < -0.4 is 15.4 Å². The van der Waals surface area contributed by atoms with Crippen LogP contribution in [0.5, 0.6) is 5.75 Å². The van der Waals surface area contributed by atoms with Crippen LogP contribution in [0.25, 0.3) is 0 Å². The highest BCUT2D eigenvalue weighted by Crippen LogP contribution is 2.25. The molecule has 1 aromatic carbocycles. The molecule has 0 saturated heterocycles. The Labute approximate surface area is 112 Å². The fourth-order valence-electron chi connectivity index (χ4n) is 1.56. The van der Waals surface area contributed by atoms with Gasteiger partial charge in [0.05, 0.1) is 19.0 Å². The summed E-state index contributed by atoms with van der Waals surface area (Å²) in [5.41, 5.74) is 0.805. The summed E-state index contributed by atoms with van der Waals surface area (Å²) >= 11 is 0. The second-order valence-electron chi connectivity index (χ2n) is 3.92. The molecular formula is C13H17N5O. The molecule has 0 aliphatic rings. The smallest absolute Gasteiger partial charge is 0.249 e. The zero-order chi connectivity index (χ0) is 13.5. The van der Waals surface area contributed by atoms with Crippen molar-refractivity contribution in [1.29, 1.82) is 0 Å². The van der Waals surface area contributed by atoms with E-state index in [0.717, 1.165) is 24.4 Å². The Morgan fingerprint density at radius 3 is 2.89 bits per heavy atom. The molecule has 2 aromatic rings. The molecule has 6 nitrogen and oxygen atoms in total. The Morgan fingerprint density at radius 2 is 2.11 bits per heavy atom. The minimum Gasteiger partial charge on any atom is -0.495 e. The van der Waals surface area contributed by atoms with Crippen LogP contribution in [0.3, 0.4) is 0 Å². The predicted molar refractivity (Wildman–Crippen MR) is 74.9 cm³/mol. The Kier molecular flexibility index (Phi) is 4.49. The van der Waals surface area contributed by atoms with E-state index < -0.39 is 0 Å². The van der Waals surface area contributed by atoms with E-state index in [1.54, 1.807) is 13.3 Å². The fraction of sp³-hybridized carbons (Fsp3) is 0.308. The van der Waals surface area contributed by atoms with E-state index in [1.165, 1.54) is 0 Å². The zero-order valence-corrected chi connectivity index (χ0v) is 11.1. The number of rotatable bonds is 6. The topological polar surface area (TPSA) is 72.0 Å². The van der Waals surface area contributed by atoms with Gasteiger partial charge >= 0.3 is 0 Å². The molecule has 1 aromatic heterocycles. The first kappa shape index (κ1) is 13.1. The molecule has 0 aliphatic heterocycles. The van der Waals surface area contributed by atoms with Crippen LogP contribution >= 0.6 is 0 Å². The van der Waals surface area contributed by atoms with E-state index >= 15 is 0 Å². The summed E-state index contributed by atoms with van der Waals surface area (Å²) in [6.07, 6.45) is 2.63. The molecule has 1 heterocycles. The van der Waals surface area contributed by atoms with E-state index in [2.05, 4.69) is 32.7 Å². The number of benzene rings is 1. The normalized spacial score (nSPS) is 10.0. The molecular weight excluding hydrogens is 242 g/mol. The van der Waals surface area contributed by atoms with Crippen molar-refractivity contribution in [3.63, 3.8) is 0 Å². The van der Waals surface area contributed by atoms with Gasteiger partial charge in [0.15, 0.2) is 5.82 Å². The Bertz CT molecular complexity index is 532. The maximum Gasteiger partial charge on any atom is 0.249 e. The standard InChI is InChI=1S/C13H17N5O/c1-3-8-14-12-9-15-18-13(17-12)16-10-6-4-5-7-11(10)19-2/h4-7,9H,3,8H2,1-2H3,(H2,14,16,17,18). The van der Waals surface area contributed by atoms with Crippen molar-refractivity contribution in [3.05, 3.63) is 30.5 Å². The molecule has 0 radical (unpaired) electrons. The van der Waals surface area contributed by atoms with Crippen molar-refractivity contribution < 1.29 is 4.74 Å². The van der Waals surface area contributed by atoms with Gasteiger partial charge in [-0.15, -0.1) is 5.10 Å². The first-order valence-corrected chi connectivity index (χ1v) is 6.17. The number of anilines is 3. The third kappa shape index (κ3) is 3.54. The van der Waals surface area contributed by atoms with Gasteiger partial charge in [0.2, 0.25) is 5.95 Å². The quantitative estimate of drug-likeness (QED) is 0.830. The van der Waals surface area contributed by atoms with Gasteiger partial charge in [-0.3, -0.25) is 0 Å². The lowest BCUT2D eigenvalue weighted by atomic mass is 10.3. The lowest BCUT2D eigenvalue weighted by Gasteiger charge is -2.10. The number of ether oxygens (including phenoxy) is 1. The van der Waals surface area contributed by atoms with Crippen molar-refractivity contribution >= 4 is 17.5 Å². The molecule has 0 atom stereocenters. The van der Waals surface area contributed by atoms with Crippen molar-refractivity contribution in [2.75, 3.05) is 24.3 Å². The maximum absolute atomic E-state index is 5.26. The Balaban J connectivity index is 2.14. The SMILES string of the molecule is CCCNc1cnnc(Nc2ccccc2OC)n1. The molecule has 0 unspecified atom stereocenters. The molecule has 0 fully saturated rings. The number of para-hydroxylation sites is 2. The number of aromatic nitrogens is 3. The van der Waals surface area contributed by atoms with Gasteiger partial charge in [-0.05, 0) is 18.6 Å². The summed E-state index contributed by atoms with van der Waals surface area (Å²) in [7, 11) is 1.62. The van der Waals surface area contributed by atoms with Crippen LogP contribution in [0, 0.1) is 0 Å². The number of methoxy groups -OCH3 is 1. The molecule has 6 heteroatoms. The summed E-state index contributed by atoms with van der Waals surface area (Å²) in [5.74, 6) is 1.87. The van der Waals surface area contributed by atoms with E-state index in [0.29, 0.717) is 11.8 Å². The summed E-state index contributed by atoms with van der Waals surface area (Å²) in [6.45, 7) is 2.95. The van der Waals surface area contributed by atoms with E-state index in [1.807, 2.05) is 24.3 Å². The first-order valence-electron chi connectivity index (χ1n) is 6.17. The Hall–Kier alpha value is -2.37. The lowest BCUT2D eigenvalue weighted by Crippen LogP contribution is -2.06. The Morgan fingerprint density at radius 1 is 1.26 bits per heavy atom. The number of hydrogen-bond acceptors (Lipinski definition) is 6. The summed E-state index contributed by atoms with van der Waals surface area (Å²) < 4.78 is 5.26. The largest absolute Gasteiger partial charge is 0.495 e. The highest BCUT2D eigenvalue weighted by atomic mass is 16.5. The van der Waals surface area contributed by atoms with Crippen LogP contribution in [-0.4, -0.2) is 28.8 Å². The third-order valence-corrected chi connectivity index (χ3v) is 2.47. The summed E-state index contributed by atoms with van der Waals surface area (Å²) in [5, 5.41) is 14.1. The highest BCUT2D eigenvalue weighted by Gasteiger charge is 2.05. The summed E-state index contributed by atoms with van der Waals surface area (Å²) in [6, 6.07) is 7.59. The predicted octanol–water partition coefficient (Wildman–Crippen LogP) is 2.45. The van der Waals surface area contributed by atoms with E-state index in [4.69, 9.17) is 4.74 Å². The van der Waals surface area contributed by atoms with Gasteiger partial charge in [-0.25, -0.2) is 0 Å². The molecule has 2 rings (SSSR count). The van der Waals surface area contributed by atoms with Crippen LogP contribution in [-0.2, 0) is 0 Å². The molecule has 0 aliphatic carbocycles. The molecule has 0 saturated carbocycles. The lowest BCUT2D eigenvalue weighted by molar-refractivity contribution is 0.417. The molecule has 19 heavy (non-hydrogen) atoms. The van der Waals surface area contributed by atoms with Crippen LogP contribution in [0.1, 0.15) is 13.3 Å². The van der Waals surface area contributed by atoms with E-state index in [9.17, 15) is 0 Å². The third-order valence-electron chi connectivity index (χ3n) is 2.47. The van der Waals surface area contributed by atoms with Gasteiger partial charge in [0.1, 0.15) is 5.75 Å². The first-order chi connectivity index (χ1) is 9.33.